The number of hydrogen-bond donors (Lipinski definition) is 1. The minimum Gasteiger partial charge on any atom is -0.488 e. The zero-order chi connectivity index (χ0) is 13.5. The van der Waals surface area contributed by atoms with Gasteiger partial charge in [0.2, 0.25) is 0 Å². The van der Waals surface area contributed by atoms with Crippen molar-refractivity contribution in [2.75, 3.05) is 25.4 Å². The molecule has 1 aromatic carbocycles. The average Bonchev–Trinajstić information content (AvgIpc) is 2.94. The lowest BCUT2D eigenvalue weighted by molar-refractivity contribution is -0.0696. The number of aliphatic imine (C=N–C) groups is 1. The van der Waals surface area contributed by atoms with E-state index in [-0.39, 0.29) is 6.61 Å². The second-order valence-corrected chi connectivity index (χ2v) is 6.04. The molecule has 1 N–H and O–H groups in total. The molecule has 102 valence electrons. The Morgan fingerprint density at radius 2 is 2.16 bits per heavy atom. The predicted molar refractivity (Wildman–Crippen MR) is 77.8 cm³/mol. The van der Waals surface area contributed by atoms with E-state index >= 15 is 0 Å². The molecule has 1 unspecified atom stereocenters. The van der Waals surface area contributed by atoms with E-state index in [1.165, 1.54) is 0 Å². The average molecular weight is 278 g/mol. The largest absolute Gasteiger partial charge is 0.488 e. The SMILES string of the molecule is Cc1cccc(C)c1OCC1(O)CSC2=NCCN21. The topological polar surface area (TPSA) is 45.1 Å². The summed E-state index contributed by atoms with van der Waals surface area (Å²) in [7, 11) is 0. The van der Waals surface area contributed by atoms with Crippen LogP contribution in [0.5, 0.6) is 5.75 Å². The molecule has 4 nitrogen and oxygen atoms in total. The number of aryl methyl sites for hydroxylation is 2. The number of ether oxygens (including phenoxy) is 1. The number of nitrogens with zero attached hydrogens (tertiary/aromatic N) is 2. The Labute approximate surface area is 117 Å². The van der Waals surface area contributed by atoms with Crippen LogP contribution in [0.25, 0.3) is 0 Å². The standard InChI is InChI=1S/C14H18N2O2S/c1-10-4-3-5-11(2)12(10)18-8-14(17)9-19-13-15-6-7-16(13)14/h3-5,17H,6-9H2,1-2H3. The van der Waals surface area contributed by atoms with Gasteiger partial charge in [-0.15, -0.1) is 0 Å². The van der Waals surface area contributed by atoms with Crippen molar-refractivity contribution >= 4 is 16.9 Å². The van der Waals surface area contributed by atoms with Crippen LogP contribution in [-0.4, -0.2) is 46.3 Å². The zero-order valence-corrected chi connectivity index (χ0v) is 12.0. The summed E-state index contributed by atoms with van der Waals surface area (Å²) in [6.45, 7) is 5.89. The number of fused-ring (bicyclic) bond motifs is 1. The molecule has 0 saturated carbocycles. The number of amidine groups is 1. The Bertz CT molecular complexity index is 512. The van der Waals surface area contributed by atoms with Gasteiger partial charge in [-0.25, -0.2) is 0 Å². The molecule has 3 rings (SSSR count). The fourth-order valence-corrected chi connectivity index (χ4v) is 3.73. The number of rotatable bonds is 3. The maximum Gasteiger partial charge on any atom is 0.184 e. The molecule has 0 radical (unpaired) electrons. The van der Waals surface area contributed by atoms with Crippen LogP contribution in [0.2, 0.25) is 0 Å². The minimum atomic E-state index is -0.922. The van der Waals surface area contributed by atoms with Crippen LogP contribution in [0, 0.1) is 13.8 Å². The van der Waals surface area contributed by atoms with Gasteiger partial charge in [0.1, 0.15) is 12.4 Å². The van der Waals surface area contributed by atoms with Crippen molar-refractivity contribution < 1.29 is 9.84 Å². The van der Waals surface area contributed by atoms with Crippen LogP contribution in [0.4, 0.5) is 0 Å². The third-order valence-electron chi connectivity index (χ3n) is 3.59. The molecule has 2 aliphatic rings. The van der Waals surface area contributed by atoms with E-state index in [2.05, 4.69) is 4.99 Å². The third kappa shape index (κ3) is 2.21. The summed E-state index contributed by atoms with van der Waals surface area (Å²) in [6, 6.07) is 6.07. The first-order chi connectivity index (χ1) is 9.10. The number of aliphatic hydroxyl groups is 1. The molecule has 1 aromatic rings. The Hall–Kier alpha value is -1.20. The van der Waals surface area contributed by atoms with Crippen LogP contribution in [0.15, 0.2) is 23.2 Å². The van der Waals surface area contributed by atoms with Gasteiger partial charge >= 0.3 is 0 Å². The number of benzene rings is 1. The molecule has 1 saturated heterocycles. The van der Waals surface area contributed by atoms with Gasteiger partial charge in [-0.1, -0.05) is 30.0 Å². The molecule has 1 fully saturated rings. The summed E-state index contributed by atoms with van der Waals surface area (Å²) >= 11 is 1.61. The van der Waals surface area contributed by atoms with Crippen molar-refractivity contribution in [3.8, 4) is 5.75 Å². The lowest BCUT2D eigenvalue weighted by Gasteiger charge is -2.31. The van der Waals surface area contributed by atoms with Crippen LogP contribution < -0.4 is 4.74 Å². The highest BCUT2D eigenvalue weighted by Gasteiger charge is 2.45. The van der Waals surface area contributed by atoms with Crippen LogP contribution >= 0.6 is 11.8 Å². The Kier molecular flexibility index (Phi) is 3.19. The highest BCUT2D eigenvalue weighted by atomic mass is 32.2. The maximum absolute atomic E-state index is 10.7. The molecule has 19 heavy (non-hydrogen) atoms. The van der Waals surface area contributed by atoms with Crippen LogP contribution in [0.3, 0.4) is 0 Å². The number of para-hydroxylation sites is 1. The van der Waals surface area contributed by atoms with Crippen molar-refractivity contribution in [3.63, 3.8) is 0 Å². The van der Waals surface area contributed by atoms with Gasteiger partial charge in [0.05, 0.1) is 12.3 Å². The van der Waals surface area contributed by atoms with E-state index in [1.807, 2.05) is 36.9 Å². The molecule has 1 atom stereocenters. The maximum atomic E-state index is 10.7. The van der Waals surface area contributed by atoms with E-state index in [0.717, 1.165) is 35.1 Å². The van der Waals surface area contributed by atoms with Gasteiger partial charge < -0.3 is 14.7 Å². The van der Waals surface area contributed by atoms with Crippen molar-refractivity contribution in [2.24, 2.45) is 4.99 Å². The number of thioether (sulfide) groups is 1. The van der Waals surface area contributed by atoms with Gasteiger partial charge in [-0.05, 0) is 25.0 Å². The monoisotopic (exact) mass is 278 g/mol. The van der Waals surface area contributed by atoms with E-state index in [9.17, 15) is 5.11 Å². The van der Waals surface area contributed by atoms with Gasteiger partial charge in [-0.2, -0.15) is 0 Å². The third-order valence-corrected chi connectivity index (χ3v) is 4.81. The highest BCUT2D eigenvalue weighted by Crippen LogP contribution is 2.34. The highest BCUT2D eigenvalue weighted by molar-refractivity contribution is 8.14. The normalized spacial score (nSPS) is 25.4. The molecule has 0 aliphatic carbocycles. The summed E-state index contributed by atoms with van der Waals surface area (Å²) in [5.74, 6) is 1.50. The minimum absolute atomic E-state index is 0.282. The Morgan fingerprint density at radius 3 is 2.89 bits per heavy atom. The summed E-state index contributed by atoms with van der Waals surface area (Å²) in [6.07, 6.45) is 0. The Balaban J connectivity index is 1.74. The van der Waals surface area contributed by atoms with Gasteiger partial charge in [-0.3, -0.25) is 4.99 Å². The lowest BCUT2D eigenvalue weighted by atomic mass is 10.1. The fraction of sp³-hybridized carbons (Fsp3) is 0.500. The second-order valence-electron chi connectivity index (χ2n) is 5.10. The number of hydrogen-bond acceptors (Lipinski definition) is 5. The summed E-state index contributed by atoms with van der Waals surface area (Å²) in [5, 5.41) is 11.7. The second kappa shape index (κ2) is 4.72. The van der Waals surface area contributed by atoms with Gasteiger partial charge in [0.25, 0.3) is 0 Å². The summed E-state index contributed by atoms with van der Waals surface area (Å²) < 4.78 is 5.90. The first-order valence-electron chi connectivity index (χ1n) is 6.46. The first-order valence-corrected chi connectivity index (χ1v) is 7.45. The fourth-order valence-electron chi connectivity index (χ4n) is 2.53. The molecule has 5 heteroatoms. The van der Waals surface area contributed by atoms with E-state index in [0.29, 0.717) is 5.75 Å². The van der Waals surface area contributed by atoms with Crippen molar-refractivity contribution in [3.05, 3.63) is 29.3 Å². The summed E-state index contributed by atoms with van der Waals surface area (Å²) in [4.78, 5) is 6.34. The van der Waals surface area contributed by atoms with Crippen LogP contribution in [-0.2, 0) is 0 Å². The molecule has 0 spiro atoms. The predicted octanol–water partition coefficient (Wildman–Crippen LogP) is 1.79. The molecular formula is C14H18N2O2S. The van der Waals surface area contributed by atoms with Crippen LogP contribution in [0.1, 0.15) is 11.1 Å². The quantitative estimate of drug-likeness (QED) is 0.915. The molecular weight excluding hydrogens is 260 g/mol. The van der Waals surface area contributed by atoms with Crippen molar-refractivity contribution in [1.29, 1.82) is 0 Å². The van der Waals surface area contributed by atoms with Crippen molar-refractivity contribution in [1.82, 2.24) is 4.90 Å². The molecule has 0 amide bonds. The van der Waals surface area contributed by atoms with Gasteiger partial charge in [0.15, 0.2) is 10.9 Å². The summed E-state index contributed by atoms with van der Waals surface area (Å²) in [5.41, 5.74) is 1.28. The smallest absolute Gasteiger partial charge is 0.184 e. The van der Waals surface area contributed by atoms with E-state index in [1.54, 1.807) is 11.8 Å². The molecule has 0 bridgehead atoms. The lowest BCUT2D eigenvalue weighted by Crippen LogP contribution is -2.51. The molecule has 0 aromatic heterocycles. The molecule has 2 heterocycles. The Morgan fingerprint density at radius 1 is 1.42 bits per heavy atom. The van der Waals surface area contributed by atoms with E-state index in [4.69, 9.17) is 4.74 Å². The van der Waals surface area contributed by atoms with Crippen molar-refractivity contribution in [2.45, 2.75) is 19.6 Å². The molecule has 2 aliphatic heterocycles. The zero-order valence-electron chi connectivity index (χ0n) is 11.2. The van der Waals surface area contributed by atoms with E-state index < -0.39 is 5.72 Å². The first kappa shape index (κ1) is 12.8. The van der Waals surface area contributed by atoms with Gasteiger partial charge in [0, 0.05) is 6.54 Å².